The Labute approximate surface area is 117 Å². The topological polar surface area (TPSA) is 28.2 Å². The fraction of sp³-hybridized carbons (Fsp3) is 0.688. The Balaban J connectivity index is 2.16. The van der Waals surface area contributed by atoms with E-state index in [1.54, 1.807) is 0 Å². The van der Waals surface area contributed by atoms with Crippen LogP contribution in [0.2, 0.25) is 0 Å². The number of hydrogen-bond donors (Lipinski definition) is 1. The Hall–Kier alpha value is -0.930. The maximum atomic E-state index is 4.68. The first kappa shape index (κ1) is 14.5. The molecule has 0 spiro atoms. The molecule has 0 aromatic carbocycles. The van der Waals surface area contributed by atoms with Gasteiger partial charge in [-0.15, -0.1) is 0 Å². The van der Waals surface area contributed by atoms with Crippen LogP contribution < -0.4 is 5.32 Å². The lowest BCUT2D eigenvalue weighted by Crippen LogP contribution is -2.33. The number of unbranched alkanes of at least 4 members (excludes halogenated alkanes) is 1. The summed E-state index contributed by atoms with van der Waals surface area (Å²) in [5.41, 5.74) is 2.62. The third-order valence-electron chi connectivity index (χ3n) is 4.01. The lowest BCUT2D eigenvalue weighted by molar-refractivity contribution is 0.192. The lowest BCUT2D eigenvalue weighted by Gasteiger charge is -2.31. The highest BCUT2D eigenvalue weighted by Crippen LogP contribution is 2.27. The molecule has 0 saturated carbocycles. The van der Waals surface area contributed by atoms with Gasteiger partial charge in [0.15, 0.2) is 0 Å². The van der Waals surface area contributed by atoms with Crippen LogP contribution in [0.4, 0.5) is 0 Å². The van der Waals surface area contributed by atoms with E-state index in [0.717, 1.165) is 19.6 Å². The molecule has 2 heterocycles. The van der Waals surface area contributed by atoms with Gasteiger partial charge >= 0.3 is 0 Å². The van der Waals surface area contributed by atoms with E-state index in [9.17, 15) is 0 Å². The molecule has 1 atom stereocenters. The van der Waals surface area contributed by atoms with Crippen LogP contribution in [0.15, 0.2) is 18.3 Å². The summed E-state index contributed by atoms with van der Waals surface area (Å²) in [6.07, 6.45) is 6.96. The minimum Gasteiger partial charge on any atom is -0.315 e. The van der Waals surface area contributed by atoms with Crippen molar-refractivity contribution in [3.05, 3.63) is 29.6 Å². The average Bonchev–Trinajstić information content (AvgIpc) is 2.70. The van der Waals surface area contributed by atoms with E-state index in [4.69, 9.17) is 0 Å². The van der Waals surface area contributed by atoms with E-state index >= 15 is 0 Å². The molecule has 0 amide bonds. The predicted octanol–water partition coefficient (Wildman–Crippen LogP) is 2.92. The highest BCUT2D eigenvalue weighted by atomic mass is 15.2. The highest BCUT2D eigenvalue weighted by molar-refractivity contribution is 5.21. The van der Waals surface area contributed by atoms with Crippen molar-refractivity contribution in [3.63, 3.8) is 0 Å². The zero-order chi connectivity index (χ0) is 13.5. The Morgan fingerprint density at radius 2 is 2.26 bits per heavy atom. The number of rotatable bonds is 5. The number of nitrogens with one attached hydrogen (secondary N) is 1. The molecule has 1 fully saturated rings. The van der Waals surface area contributed by atoms with Crippen molar-refractivity contribution in [3.8, 4) is 0 Å². The van der Waals surface area contributed by atoms with Gasteiger partial charge in [0.25, 0.3) is 0 Å². The highest BCUT2D eigenvalue weighted by Gasteiger charge is 2.23. The Morgan fingerprint density at radius 3 is 3.05 bits per heavy atom. The molecular formula is C16H27N3. The molecule has 1 saturated heterocycles. The molecular weight excluding hydrogens is 234 g/mol. The van der Waals surface area contributed by atoms with E-state index in [1.165, 1.54) is 43.5 Å². The molecule has 3 heteroatoms. The molecule has 1 unspecified atom stereocenters. The van der Waals surface area contributed by atoms with Gasteiger partial charge in [-0.1, -0.05) is 25.8 Å². The number of aryl methyl sites for hydroxylation is 1. The van der Waals surface area contributed by atoms with Gasteiger partial charge in [-0.3, -0.25) is 9.88 Å². The van der Waals surface area contributed by atoms with Crippen LogP contribution in [-0.4, -0.2) is 36.1 Å². The van der Waals surface area contributed by atoms with Gasteiger partial charge in [0, 0.05) is 25.8 Å². The quantitative estimate of drug-likeness (QED) is 0.883. The van der Waals surface area contributed by atoms with Crippen LogP contribution in [-0.2, 0) is 0 Å². The Kier molecular flexibility index (Phi) is 5.80. The maximum Gasteiger partial charge on any atom is 0.0604 e. The molecule has 1 aliphatic rings. The van der Waals surface area contributed by atoms with E-state index in [1.807, 2.05) is 12.3 Å². The van der Waals surface area contributed by atoms with Crippen LogP contribution in [0.3, 0.4) is 0 Å². The second-order valence-corrected chi connectivity index (χ2v) is 5.50. The van der Waals surface area contributed by atoms with Gasteiger partial charge in [-0.2, -0.15) is 0 Å². The molecule has 1 N–H and O–H groups in total. The first-order chi connectivity index (χ1) is 9.33. The second-order valence-electron chi connectivity index (χ2n) is 5.50. The van der Waals surface area contributed by atoms with E-state index < -0.39 is 0 Å². The van der Waals surface area contributed by atoms with Crippen LogP contribution >= 0.6 is 0 Å². The van der Waals surface area contributed by atoms with Crippen molar-refractivity contribution in [2.45, 2.75) is 45.6 Å². The van der Waals surface area contributed by atoms with Crippen LogP contribution in [0.25, 0.3) is 0 Å². The van der Waals surface area contributed by atoms with Crippen LogP contribution in [0, 0.1) is 6.92 Å². The van der Waals surface area contributed by atoms with E-state index in [0.29, 0.717) is 6.04 Å². The molecule has 1 aromatic heterocycles. The van der Waals surface area contributed by atoms with Gasteiger partial charge in [0.1, 0.15) is 0 Å². The third-order valence-corrected chi connectivity index (χ3v) is 4.01. The smallest absolute Gasteiger partial charge is 0.0604 e. The van der Waals surface area contributed by atoms with Crippen molar-refractivity contribution >= 4 is 0 Å². The zero-order valence-corrected chi connectivity index (χ0v) is 12.4. The first-order valence-electron chi connectivity index (χ1n) is 7.69. The summed E-state index contributed by atoms with van der Waals surface area (Å²) >= 11 is 0. The molecule has 0 radical (unpaired) electrons. The van der Waals surface area contributed by atoms with Crippen molar-refractivity contribution in [2.24, 2.45) is 0 Å². The van der Waals surface area contributed by atoms with Gasteiger partial charge in [-0.25, -0.2) is 0 Å². The summed E-state index contributed by atoms with van der Waals surface area (Å²) < 4.78 is 0. The van der Waals surface area contributed by atoms with Crippen molar-refractivity contribution in [2.75, 3.05) is 26.2 Å². The summed E-state index contributed by atoms with van der Waals surface area (Å²) in [6, 6.07) is 4.73. The van der Waals surface area contributed by atoms with Crippen molar-refractivity contribution in [1.82, 2.24) is 15.2 Å². The van der Waals surface area contributed by atoms with Gasteiger partial charge in [-0.05, 0) is 37.9 Å². The van der Waals surface area contributed by atoms with E-state index in [2.05, 4.69) is 35.1 Å². The van der Waals surface area contributed by atoms with Gasteiger partial charge in [0.05, 0.1) is 11.7 Å². The lowest BCUT2D eigenvalue weighted by atomic mass is 10.0. The number of aromatic nitrogens is 1. The molecule has 1 aliphatic heterocycles. The molecule has 3 nitrogen and oxygen atoms in total. The van der Waals surface area contributed by atoms with Crippen LogP contribution in [0.1, 0.15) is 49.9 Å². The minimum atomic E-state index is 0.501. The van der Waals surface area contributed by atoms with Crippen LogP contribution in [0.5, 0.6) is 0 Å². The molecule has 1 aromatic rings. The minimum absolute atomic E-state index is 0.501. The third kappa shape index (κ3) is 4.02. The summed E-state index contributed by atoms with van der Waals surface area (Å²) in [6.45, 7) is 9.05. The van der Waals surface area contributed by atoms with Crippen molar-refractivity contribution in [1.29, 1.82) is 0 Å². The van der Waals surface area contributed by atoms with Gasteiger partial charge < -0.3 is 5.32 Å². The largest absolute Gasteiger partial charge is 0.315 e. The summed E-state index contributed by atoms with van der Waals surface area (Å²) in [5.74, 6) is 0. The summed E-state index contributed by atoms with van der Waals surface area (Å²) in [4.78, 5) is 7.31. The second kappa shape index (κ2) is 7.61. The average molecular weight is 261 g/mol. The normalized spacial score (nSPS) is 19.1. The maximum absolute atomic E-state index is 4.68. The number of hydrogen-bond acceptors (Lipinski definition) is 3. The fourth-order valence-corrected chi connectivity index (χ4v) is 2.91. The number of pyridine rings is 1. The molecule has 0 aliphatic carbocycles. The Bertz CT molecular complexity index is 370. The molecule has 2 rings (SSSR count). The molecule has 0 bridgehead atoms. The first-order valence-corrected chi connectivity index (χ1v) is 7.69. The summed E-state index contributed by atoms with van der Waals surface area (Å²) in [5, 5.41) is 3.49. The SMILES string of the molecule is CCCCC(c1ncccc1C)N1CCCNCC1. The van der Waals surface area contributed by atoms with E-state index in [-0.39, 0.29) is 0 Å². The van der Waals surface area contributed by atoms with Crippen molar-refractivity contribution < 1.29 is 0 Å². The standard InChI is InChI=1S/C16H27N3/c1-3-4-8-15(16-14(2)7-5-10-18-16)19-12-6-9-17-11-13-19/h5,7,10,15,17H,3-4,6,8-9,11-13H2,1-2H3. The summed E-state index contributed by atoms with van der Waals surface area (Å²) in [7, 11) is 0. The van der Waals surface area contributed by atoms with Gasteiger partial charge in [0.2, 0.25) is 0 Å². The molecule has 19 heavy (non-hydrogen) atoms. The Morgan fingerprint density at radius 1 is 1.37 bits per heavy atom. The zero-order valence-electron chi connectivity index (χ0n) is 12.4. The monoisotopic (exact) mass is 261 g/mol. The molecule has 106 valence electrons. The fourth-order valence-electron chi connectivity index (χ4n) is 2.91. The number of nitrogens with zero attached hydrogens (tertiary/aromatic N) is 2. The predicted molar refractivity (Wildman–Crippen MR) is 80.3 cm³/mol.